The van der Waals surface area contributed by atoms with E-state index in [4.69, 9.17) is 8.92 Å². The summed E-state index contributed by atoms with van der Waals surface area (Å²) in [5.74, 6) is -1.25. The molecule has 0 amide bonds. The maximum absolute atomic E-state index is 13.5. The summed E-state index contributed by atoms with van der Waals surface area (Å²) in [5.41, 5.74) is 0.939. The van der Waals surface area contributed by atoms with Crippen LogP contribution < -0.4 is 4.18 Å². The molecule has 0 radical (unpaired) electrons. The van der Waals surface area contributed by atoms with Gasteiger partial charge in [-0.2, -0.15) is 18.4 Å². The molecule has 9 nitrogen and oxygen atoms in total. The van der Waals surface area contributed by atoms with Gasteiger partial charge < -0.3 is 19.1 Å². The lowest BCUT2D eigenvalue weighted by molar-refractivity contribution is -0.157. The van der Waals surface area contributed by atoms with Crippen molar-refractivity contribution in [1.82, 2.24) is 9.97 Å². The standard InChI is InChI=1S/C25H33FN2O7S/c1-15(2)22-20(12-11-18(29)13-19(30)14-21(31)34-25(3,4)5)23(16-7-9-17(26)10-8-16)28-24(27-22)35-36(6,32)33/h7-12,15,18-19,29-30H,13-14H2,1-6H3/b12-11+. The molecular formula is C25H33FN2O7S. The normalized spacial score (nSPS) is 14.2. The van der Waals surface area contributed by atoms with E-state index in [9.17, 15) is 27.8 Å². The van der Waals surface area contributed by atoms with Gasteiger partial charge in [0.15, 0.2) is 0 Å². The van der Waals surface area contributed by atoms with Crippen molar-refractivity contribution < 1.29 is 36.7 Å². The van der Waals surface area contributed by atoms with Crippen molar-refractivity contribution >= 4 is 22.2 Å². The number of carbonyl (C=O) groups is 1. The minimum Gasteiger partial charge on any atom is -0.460 e. The second-order valence-electron chi connectivity index (χ2n) is 9.71. The smallest absolute Gasteiger partial charge is 0.333 e. The molecule has 0 aliphatic carbocycles. The van der Waals surface area contributed by atoms with Crippen LogP contribution in [0.15, 0.2) is 30.3 Å². The summed E-state index contributed by atoms with van der Waals surface area (Å²) in [4.78, 5) is 20.4. The Balaban J connectivity index is 2.40. The monoisotopic (exact) mass is 524 g/mol. The quantitative estimate of drug-likeness (QED) is 0.353. The summed E-state index contributed by atoms with van der Waals surface area (Å²) in [6.45, 7) is 8.81. The third-order valence-electron chi connectivity index (χ3n) is 4.67. The predicted octanol–water partition coefficient (Wildman–Crippen LogP) is 3.60. The first-order valence-corrected chi connectivity index (χ1v) is 13.2. The summed E-state index contributed by atoms with van der Waals surface area (Å²) in [6, 6.07) is 5.04. The second kappa shape index (κ2) is 11.9. The zero-order valence-electron chi connectivity index (χ0n) is 21.2. The number of benzene rings is 1. The summed E-state index contributed by atoms with van der Waals surface area (Å²) in [6.07, 6.45) is 1.15. The molecule has 11 heteroatoms. The van der Waals surface area contributed by atoms with Crippen molar-refractivity contribution in [3.05, 3.63) is 47.4 Å². The molecule has 0 aliphatic heterocycles. The molecule has 2 aromatic rings. The third kappa shape index (κ3) is 9.63. The molecule has 0 spiro atoms. The van der Waals surface area contributed by atoms with E-state index in [0.29, 0.717) is 16.8 Å². The van der Waals surface area contributed by atoms with Crippen molar-refractivity contribution in [3.63, 3.8) is 0 Å². The number of rotatable bonds is 10. The van der Waals surface area contributed by atoms with Crippen molar-refractivity contribution in [1.29, 1.82) is 0 Å². The molecule has 36 heavy (non-hydrogen) atoms. The van der Waals surface area contributed by atoms with E-state index in [2.05, 4.69) is 9.97 Å². The first-order chi connectivity index (χ1) is 16.5. The van der Waals surface area contributed by atoms with Gasteiger partial charge in [-0.15, -0.1) is 0 Å². The van der Waals surface area contributed by atoms with Gasteiger partial charge in [0.1, 0.15) is 11.4 Å². The van der Waals surface area contributed by atoms with E-state index < -0.39 is 39.7 Å². The van der Waals surface area contributed by atoms with Crippen LogP contribution in [0.25, 0.3) is 17.3 Å². The molecule has 2 N–H and O–H groups in total. The van der Waals surface area contributed by atoms with Gasteiger partial charge in [0.25, 0.3) is 0 Å². The van der Waals surface area contributed by atoms with Crippen molar-refractivity contribution in [2.75, 3.05) is 6.26 Å². The lowest BCUT2D eigenvalue weighted by atomic mass is 9.97. The van der Waals surface area contributed by atoms with Crippen LogP contribution >= 0.6 is 0 Å². The van der Waals surface area contributed by atoms with Crippen LogP contribution in [0.2, 0.25) is 0 Å². The van der Waals surface area contributed by atoms with Crippen molar-refractivity contribution in [2.45, 2.75) is 71.2 Å². The fraction of sp³-hybridized carbons (Fsp3) is 0.480. The Morgan fingerprint density at radius 1 is 1.14 bits per heavy atom. The van der Waals surface area contributed by atoms with E-state index in [0.717, 1.165) is 6.26 Å². The molecule has 1 heterocycles. The molecule has 0 saturated carbocycles. The number of hydrogen-bond acceptors (Lipinski definition) is 9. The Hall–Kier alpha value is -2.89. The summed E-state index contributed by atoms with van der Waals surface area (Å²) >= 11 is 0. The number of ether oxygens (including phenoxy) is 1. The third-order valence-corrected chi connectivity index (χ3v) is 5.12. The van der Waals surface area contributed by atoms with Crippen LogP contribution in [0, 0.1) is 5.82 Å². The Morgan fingerprint density at radius 2 is 1.75 bits per heavy atom. The van der Waals surface area contributed by atoms with Gasteiger partial charge in [-0.25, -0.2) is 4.39 Å². The summed E-state index contributed by atoms with van der Waals surface area (Å²) in [5, 5.41) is 20.7. The Bertz CT molecular complexity index is 1190. The number of esters is 1. The van der Waals surface area contributed by atoms with Crippen LogP contribution in [-0.4, -0.2) is 58.6 Å². The van der Waals surface area contributed by atoms with E-state index in [1.54, 1.807) is 26.8 Å². The summed E-state index contributed by atoms with van der Waals surface area (Å²) in [7, 11) is -3.91. The fourth-order valence-electron chi connectivity index (χ4n) is 3.29. The number of aromatic nitrogens is 2. The molecule has 0 aliphatic rings. The van der Waals surface area contributed by atoms with Crippen LogP contribution in [-0.2, 0) is 19.6 Å². The van der Waals surface area contributed by atoms with E-state index in [-0.39, 0.29) is 30.5 Å². The Labute approximate surface area is 211 Å². The number of nitrogens with zero attached hydrogens (tertiary/aromatic N) is 2. The molecule has 198 valence electrons. The molecular weight excluding hydrogens is 491 g/mol. The maximum atomic E-state index is 13.5. The number of carbonyl (C=O) groups excluding carboxylic acids is 1. The molecule has 1 aromatic carbocycles. The van der Waals surface area contributed by atoms with Crippen molar-refractivity contribution in [2.24, 2.45) is 0 Å². The number of aliphatic hydroxyl groups is 2. The minimum atomic E-state index is -3.91. The van der Waals surface area contributed by atoms with Gasteiger partial charge in [0.2, 0.25) is 0 Å². The molecule has 2 rings (SSSR count). The number of aliphatic hydroxyl groups excluding tert-OH is 2. The molecule has 0 saturated heterocycles. The van der Waals surface area contributed by atoms with E-state index in [1.165, 1.54) is 30.3 Å². The molecule has 0 fully saturated rings. The average molecular weight is 525 g/mol. The fourth-order valence-corrected chi connectivity index (χ4v) is 3.64. The van der Waals surface area contributed by atoms with Gasteiger partial charge in [-0.3, -0.25) is 4.79 Å². The van der Waals surface area contributed by atoms with Gasteiger partial charge in [-0.1, -0.05) is 26.0 Å². The van der Waals surface area contributed by atoms with Crippen LogP contribution in [0.4, 0.5) is 4.39 Å². The molecule has 2 unspecified atom stereocenters. The van der Waals surface area contributed by atoms with E-state index in [1.807, 2.05) is 13.8 Å². The highest BCUT2D eigenvalue weighted by Crippen LogP contribution is 2.31. The SMILES string of the molecule is CC(C)c1nc(OS(C)(=O)=O)nc(-c2ccc(F)cc2)c1/C=C/C(O)CC(O)CC(=O)OC(C)(C)C. The van der Waals surface area contributed by atoms with Crippen LogP contribution in [0.5, 0.6) is 6.01 Å². The van der Waals surface area contributed by atoms with Gasteiger partial charge in [0.05, 0.1) is 36.3 Å². The Morgan fingerprint density at radius 3 is 2.28 bits per heavy atom. The highest BCUT2D eigenvalue weighted by atomic mass is 32.2. The summed E-state index contributed by atoms with van der Waals surface area (Å²) < 4.78 is 47.0. The molecule has 1 aromatic heterocycles. The zero-order chi connectivity index (χ0) is 27.3. The highest BCUT2D eigenvalue weighted by molar-refractivity contribution is 7.86. The highest BCUT2D eigenvalue weighted by Gasteiger charge is 2.22. The lowest BCUT2D eigenvalue weighted by Crippen LogP contribution is -2.27. The topological polar surface area (TPSA) is 136 Å². The average Bonchev–Trinajstić information content (AvgIpc) is 2.69. The minimum absolute atomic E-state index is 0.130. The second-order valence-corrected chi connectivity index (χ2v) is 11.3. The van der Waals surface area contributed by atoms with Gasteiger partial charge in [-0.05, 0) is 51.0 Å². The zero-order valence-corrected chi connectivity index (χ0v) is 22.0. The first kappa shape index (κ1) is 29.3. The predicted molar refractivity (Wildman–Crippen MR) is 133 cm³/mol. The van der Waals surface area contributed by atoms with Crippen LogP contribution in [0.1, 0.15) is 64.6 Å². The van der Waals surface area contributed by atoms with Crippen molar-refractivity contribution in [3.8, 4) is 17.3 Å². The van der Waals surface area contributed by atoms with Crippen LogP contribution in [0.3, 0.4) is 0 Å². The number of hydrogen-bond donors (Lipinski definition) is 2. The Kier molecular flexibility index (Phi) is 9.70. The molecule has 2 atom stereocenters. The molecule has 0 bridgehead atoms. The first-order valence-electron chi connectivity index (χ1n) is 11.4. The largest absolute Gasteiger partial charge is 0.460 e. The maximum Gasteiger partial charge on any atom is 0.333 e. The lowest BCUT2D eigenvalue weighted by Gasteiger charge is -2.21. The number of halogens is 1. The van der Waals surface area contributed by atoms with Gasteiger partial charge >= 0.3 is 22.1 Å². The van der Waals surface area contributed by atoms with Gasteiger partial charge in [0, 0.05) is 17.5 Å². The van der Waals surface area contributed by atoms with E-state index >= 15 is 0 Å².